The van der Waals surface area contributed by atoms with Crippen molar-refractivity contribution in [2.45, 2.75) is 45.4 Å². The Labute approximate surface area is 177 Å². The number of benzene rings is 2. The monoisotopic (exact) mass is 406 g/mol. The lowest BCUT2D eigenvalue weighted by Crippen LogP contribution is -2.47. The average molecular weight is 407 g/mol. The van der Waals surface area contributed by atoms with E-state index in [2.05, 4.69) is 70.1 Å². The zero-order chi connectivity index (χ0) is 20.8. The van der Waals surface area contributed by atoms with Gasteiger partial charge in [0, 0.05) is 32.7 Å². The van der Waals surface area contributed by atoms with Gasteiger partial charge in [0.15, 0.2) is 11.8 Å². The normalized spacial score (nSPS) is 16.5. The first-order valence-corrected chi connectivity index (χ1v) is 10.7. The first-order chi connectivity index (χ1) is 14.8. The predicted molar refractivity (Wildman–Crippen MR) is 120 cm³/mol. The van der Waals surface area contributed by atoms with Gasteiger partial charge in [0.1, 0.15) is 12.4 Å². The standard InChI is InChI=1S/C23H30N6O/c1-3-24-23(25-14-13-18-9-6-8-17-7-4-5-10-20(17)18)26-19-11-12-22-27-21(16-30-2)28-29(22)15-19/h4-10,19H,3,11-16H2,1-2H3,(H2,24,25,26). The highest BCUT2D eigenvalue weighted by Gasteiger charge is 2.22. The van der Waals surface area contributed by atoms with E-state index in [-0.39, 0.29) is 6.04 Å². The number of hydrogen-bond donors (Lipinski definition) is 2. The molecule has 0 spiro atoms. The number of aliphatic imine (C=N–C) groups is 1. The zero-order valence-corrected chi connectivity index (χ0v) is 17.8. The van der Waals surface area contributed by atoms with E-state index in [1.807, 2.05) is 4.68 Å². The fourth-order valence-electron chi connectivity index (χ4n) is 3.98. The summed E-state index contributed by atoms with van der Waals surface area (Å²) in [6.07, 6.45) is 2.83. The molecule has 30 heavy (non-hydrogen) atoms. The summed E-state index contributed by atoms with van der Waals surface area (Å²) in [7, 11) is 1.67. The predicted octanol–water partition coefficient (Wildman–Crippen LogP) is 2.69. The van der Waals surface area contributed by atoms with Gasteiger partial charge in [-0.25, -0.2) is 9.67 Å². The minimum atomic E-state index is 0.282. The van der Waals surface area contributed by atoms with Crippen LogP contribution in [0.15, 0.2) is 47.5 Å². The minimum absolute atomic E-state index is 0.282. The molecule has 3 aromatic rings. The van der Waals surface area contributed by atoms with Gasteiger partial charge in [-0.3, -0.25) is 4.99 Å². The van der Waals surface area contributed by atoms with Crippen molar-refractivity contribution in [3.63, 3.8) is 0 Å². The second kappa shape index (κ2) is 9.71. The molecule has 0 saturated carbocycles. The Balaban J connectivity index is 1.39. The second-order valence-corrected chi connectivity index (χ2v) is 7.59. The fraction of sp³-hybridized carbons (Fsp3) is 0.435. The van der Waals surface area contributed by atoms with Crippen LogP contribution in [0.3, 0.4) is 0 Å². The van der Waals surface area contributed by atoms with Crippen LogP contribution in [0.5, 0.6) is 0 Å². The molecule has 7 nitrogen and oxygen atoms in total. The molecular weight excluding hydrogens is 376 g/mol. The van der Waals surface area contributed by atoms with E-state index in [0.717, 1.165) is 56.5 Å². The molecule has 0 amide bonds. The van der Waals surface area contributed by atoms with Crippen molar-refractivity contribution in [2.24, 2.45) is 4.99 Å². The molecule has 0 aliphatic carbocycles. The highest BCUT2D eigenvalue weighted by Crippen LogP contribution is 2.19. The summed E-state index contributed by atoms with van der Waals surface area (Å²) in [5.74, 6) is 2.66. The Morgan fingerprint density at radius 1 is 1.23 bits per heavy atom. The Hall–Kier alpha value is -2.93. The topological polar surface area (TPSA) is 76.4 Å². The van der Waals surface area contributed by atoms with Crippen LogP contribution in [0.1, 0.15) is 30.6 Å². The third-order valence-corrected chi connectivity index (χ3v) is 5.39. The maximum Gasteiger partial charge on any atom is 0.191 e. The summed E-state index contributed by atoms with van der Waals surface area (Å²) in [5.41, 5.74) is 1.34. The van der Waals surface area contributed by atoms with Gasteiger partial charge >= 0.3 is 0 Å². The molecule has 2 heterocycles. The largest absolute Gasteiger partial charge is 0.377 e. The number of aryl methyl sites for hydroxylation is 1. The minimum Gasteiger partial charge on any atom is -0.377 e. The van der Waals surface area contributed by atoms with Crippen molar-refractivity contribution in [3.8, 4) is 0 Å². The van der Waals surface area contributed by atoms with E-state index in [4.69, 9.17) is 9.73 Å². The number of guanidine groups is 1. The Bertz CT molecular complexity index is 1010. The summed E-state index contributed by atoms with van der Waals surface area (Å²) in [4.78, 5) is 9.38. The molecule has 1 atom stereocenters. The number of aromatic nitrogens is 3. The quantitative estimate of drug-likeness (QED) is 0.466. The lowest BCUT2D eigenvalue weighted by Gasteiger charge is -2.25. The van der Waals surface area contributed by atoms with E-state index in [1.165, 1.54) is 16.3 Å². The lowest BCUT2D eigenvalue weighted by atomic mass is 10.0. The van der Waals surface area contributed by atoms with Crippen LogP contribution in [0.25, 0.3) is 10.8 Å². The number of fused-ring (bicyclic) bond motifs is 2. The molecule has 158 valence electrons. The molecule has 1 aromatic heterocycles. The molecule has 0 radical (unpaired) electrons. The van der Waals surface area contributed by atoms with E-state index < -0.39 is 0 Å². The van der Waals surface area contributed by atoms with Gasteiger partial charge in [-0.05, 0) is 36.1 Å². The molecule has 0 fully saturated rings. The van der Waals surface area contributed by atoms with Crippen molar-refractivity contribution in [1.82, 2.24) is 25.4 Å². The molecule has 2 aromatic carbocycles. The number of nitrogens with zero attached hydrogens (tertiary/aromatic N) is 4. The van der Waals surface area contributed by atoms with E-state index in [1.54, 1.807) is 7.11 Å². The third-order valence-electron chi connectivity index (χ3n) is 5.39. The van der Waals surface area contributed by atoms with E-state index in [0.29, 0.717) is 6.61 Å². The highest BCUT2D eigenvalue weighted by molar-refractivity contribution is 5.85. The number of nitrogens with one attached hydrogen (secondary N) is 2. The molecule has 1 aliphatic heterocycles. The van der Waals surface area contributed by atoms with Gasteiger partial charge in [-0.15, -0.1) is 0 Å². The summed E-state index contributed by atoms with van der Waals surface area (Å²) in [6.45, 7) is 4.91. The number of hydrogen-bond acceptors (Lipinski definition) is 4. The smallest absolute Gasteiger partial charge is 0.191 e. The van der Waals surface area contributed by atoms with Gasteiger partial charge < -0.3 is 15.4 Å². The molecule has 0 saturated heterocycles. The third kappa shape index (κ3) is 4.79. The van der Waals surface area contributed by atoms with Crippen LogP contribution in [0, 0.1) is 0 Å². The van der Waals surface area contributed by atoms with Gasteiger partial charge in [0.05, 0.1) is 6.54 Å². The number of methoxy groups -OCH3 is 1. The van der Waals surface area contributed by atoms with E-state index >= 15 is 0 Å². The van der Waals surface area contributed by atoms with Gasteiger partial charge in [-0.1, -0.05) is 42.5 Å². The van der Waals surface area contributed by atoms with Crippen molar-refractivity contribution >= 4 is 16.7 Å². The molecule has 4 rings (SSSR count). The van der Waals surface area contributed by atoms with Crippen LogP contribution in [0.2, 0.25) is 0 Å². The van der Waals surface area contributed by atoms with Crippen molar-refractivity contribution in [1.29, 1.82) is 0 Å². The fourth-order valence-corrected chi connectivity index (χ4v) is 3.98. The Kier molecular flexibility index (Phi) is 6.59. The maximum absolute atomic E-state index is 5.15. The zero-order valence-electron chi connectivity index (χ0n) is 17.8. The van der Waals surface area contributed by atoms with Crippen molar-refractivity contribution in [3.05, 3.63) is 59.7 Å². The Morgan fingerprint density at radius 2 is 2.10 bits per heavy atom. The van der Waals surface area contributed by atoms with Crippen molar-refractivity contribution < 1.29 is 4.74 Å². The van der Waals surface area contributed by atoms with Gasteiger partial charge in [-0.2, -0.15) is 5.10 Å². The molecular formula is C23H30N6O. The lowest BCUT2D eigenvalue weighted by molar-refractivity contribution is 0.177. The average Bonchev–Trinajstić information content (AvgIpc) is 3.16. The van der Waals surface area contributed by atoms with Crippen LogP contribution >= 0.6 is 0 Å². The molecule has 1 unspecified atom stereocenters. The van der Waals surface area contributed by atoms with Gasteiger partial charge in [0.25, 0.3) is 0 Å². The first kappa shape index (κ1) is 20.3. The van der Waals surface area contributed by atoms with Crippen LogP contribution in [-0.2, 0) is 30.7 Å². The van der Waals surface area contributed by atoms with Crippen molar-refractivity contribution in [2.75, 3.05) is 20.2 Å². The van der Waals surface area contributed by atoms with E-state index in [9.17, 15) is 0 Å². The second-order valence-electron chi connectivity index (χ2n) is 7.59. The molecule has 2 N–H and O–H groups in total. The van der Waals surface area contributed by atoms with Crippen LogP contribution in [0.4, 0.5) is 0 Å². The van der Waals surface area contributed by atoms with Crippen LogP contribution in [-0.4, -0.2) is 47.0 Å². The SMILES string of the molecule is CCNC(=NCCc1cccc2ccccc12)NC1CCc2nc(COC)nn2C1. The summed E-state index contributed by atoms with van der Waals surface area (Å²) < 4.78 is 7.15. The first-order valence-electron chi connectivity index (χ1n) is 10.7. The summed E-state index contributed by atoms with van der Waals surface area (Å²) in [6, 6.07) is 15.3. The highest BCUT2D eigenvalue weighted by atomic mass is 16.5. The molecule has 1 aliphatic rings. The maximum atomic E-state index is 5.15. The molecule has 0 bridgehead atoms. The number of rotatable bonds is 7. The number of ether oxygens (including phenoxy) is 1. The summed E-state index contributed by atoms with van der Waals surface area (Å²) >= 11 is 0. The van der Waals surface area contributed by atoms with Crippen LogP contribution < -0.4 is 10.6 Å². The summed E-state index contributed by atoms with van der Waals surface area (Å²) in [5, 5.41) is 14.1. The molecule has 7 heteroatoms. The Morgan fingerprint density at radius 3 is 2.97 bits per heavy atom. The van der Waals surface area contributed by atoms with Gasteiger partial charge in [0.2, 0.25) is 0 Å².